The summed E-state index contributed by atoms with van der Waals surface area (Å²) in [4.78, 5) is -0.0538. The van der Waals surface area contributed by atoms with Crippen LogP contribution in [0, 0.1) is 6.92 Å². The third-order valence-corrected chi connectivity index (χ3v) is 9.25. The summed E-state index contributed by atoms with van der Waals surface area (Å²) in [6, 6.07) is 17.9. The van der Waals surface area contributed by atoms with Crippen LogP contribution in [0.2, 0.25) is 5.02 Å². The second-order valence-corrected chi connectivity index (χ2v) is 12.8. The molecule has 214 valence electrons. The Hall–Kier alpha value is -2.34. The van der Waals surface area contributed by atoms with E-state index in [4.69, 9.17) is 25.3 Å². The number of ether oxygens (including phenoxy) is 2. The fourth-order valence-electron chi connectivity index (χ4n) is 5.14. The van der Waals surface area contributed by atoms with Crippen molar-refractivity contribution >= 4 is 21.7 Å². The monoisotopic (exact) mass is 588 g/mol. The number of aliphatic hydroxyl groups excluding tert-OH is 3. The van der Waals surface area contributed by atoms with Crippen LogP contribution in [0.3, 0.4) is 0 Å². The molecular formula is C30H33ClO8S. The number of benzene rings is 3. The quantitative estimate of drug-likeness (QED) is 0.355. The number of hydrogen-bond acceptors (Lipinski definition) is 8. The van der Waals surface area contributed by atoms with Gasteiger partial charge in [0.1, 0.15) is 24.4 Å². The number of hydrogen-bond donors (Lipinski definition) is 3. The van der Waals surface area contributed by atoms with Crippen LogP contribution in [0.25, 0.3) is 0 Å². The summed E-state index contributed by atoms with van der Waals surface area (Å²) in [6.07, 6.45) is -5.81. The van der Waals surface area contributed by atoms with Crippen molar-refractivity contribution in [2.75, 3.05) is 6.61 Å². The van der Waals surface area contributed by atoms with Gasteiger partial charge in [0, 0.05) is 10.6 Å². The molecule has 40 heavy (non-hydrogen) atoms. The molecule has 1 fully saturated rings. The summed E-state index contributed by atoms with van der Waals surface area (Å²) < 4.78 is 42.7. The zero-order valence-corrected chi connectivity index (χ0v) is 24.0. The summed E-state index contributed by atoms with van der Waals surface area (Å²) in [6.45, 7) is 5.51. The lowest BCUT2D eigenvalue weighted by atomic mass is 9.86. The van der Waals surface area contributed by atoms with E-state index in [1.54, 1.807) is 24.3 Å². The summed E-state index contributed by atoms with van der Waals surface area (Å²) >= 11 is 6.62. The van der Waals surface area contributed by atoms with Gasteiger partial charge in [-0.15, -0.1) is 0 Å². The topological polar surface area (TPSA) is 123 Å². The molecule has 0 unspecified atom stereocenters. The molecule has 0 bridgehead atoms. The third kappa shape index (κ3) is 5.45. The molecule has 1 saturated heterocycles. The molecule has 3 aromatic rings. The first-order valence-corrected chi connectivity index (χ1v) is 14.9. The molecule has 2 aliphatic heterocycles. The van der Waals surface area contributed by atoms with E-state index in [9.17, 15) is 23.7 Å². The van der Waals surface area contributed by atoms with Crippen LogP contribution in [-0.4, -0.2) is 54.8 Å². The largest absolute Gasteiger partial charge is 0.387 e. The van der Waals surface area contributed by atoms with Gasteiger partial charge >= 0.3 is 0 Å². The Morgan fingerprint density at radius 3 is 2.35 bits per heavy atom. The molecule has 2 heterocycles. The van der Waals surface area contributed by atoms with E-state index in [1.165, 1.54) is 17.7 Å². The second kappa shape index (κ2) is 11.2. The highest BCUT2D eigenvalue weighted by molar-refractivity contribution is 7.86. The number of fused-ring (bicyclic) bond motifs is 2. The summed E-state index contributed by atoms with van der Waals surface area (Å²) in [5.41, 5.74) is 5.00. The Bertz CT molecular complexity index is 1470. The highest BCUT2D eigenvalue weighted by Gasteiger charge is 2.58. The van der Waals surface area contributed by atoms with E-state index in [-0.39, 0.29) is 11.5 Å². The molecule has 5 atom stereocenters. The van der Waals surface area contributed by atoms with E-state index >= 15 is 0 Å². The minimum absolute atomic E-state index is 0.0353. The first-order chi connectivity index (χ1) is 18.9. The van der Waals surface area contributed by atoms with Gasteiger partial charge < -0.3 is 24.8 Å². The minimum Gasteiger partial charge on any atom is -0.387 e. The molecule has 0 saturated carbocycles. The minimum atomic E-state index is -4.18. The van der Waals surface area contributed by atoms with E-state index < -0.39 is 46.9 Å². The second-order valence-electron chi connectivity index (χ2n) is 10.8. The Balaban J connectivity index is 1.41. The molecule has 1 spiro atoms. The van der Waals surface area contributed by atoms with Gasteiger partial charge in [0.15, 0.2) is 0 Å². The first-order valence-electron chi connectivity index (χ1n) is 13.1. The van der Waals surface area contributed by atoms with Crippen molar-refractivity contribution < 1.29 is 37.4 Å². The Morgan fingerprint density at radius 1 is 1.02 bits per heavy atom. The first kappa shape index (κ1) is 29.2. The molecule has 0 amide bonds. The smallest absolute Gasteiger partial charge is 0.297 e. The zero-order chi connectivity index (χ0) is 28.8. The lowest BCUT2D eigenvalue weighted by Crippen LogP contribution is -2.63. The lowest BCUT2D eigenvalue weighted by Gasteiger charge is -2.46. The number of aliphatic hydroxyl groups is 3. The molecule has 0 aromatic heterocycles. The maximum atomic E-state index is 12.7. The van der Waals surface area contributed by atoms with E-state index in [1.807, 2.05) is 19.1 Å². The van der Waals surface area contributed by atoms with Crippen LogP contribution in [0.4, 0.5) is 0 Å². The Labute approximate surface area is 239 Å². The molecule has 3 N–H and O–H groups in total. The summed E-state index contributed by atoms with van der Waals surface area (Å²) in [5, 5.41) is 33.0. The van der Waals surface area contributed by atoms with Gasteiger partial charge in [-0.2, -0.15) is 8.42 Å². The zero-order valence-electron chi connectivity index (χ0n) is 22.5. The van der Waals surface area contributed by atoms with Crippen molar-refractivity contribution in [3.63, 3.8) is 0 Å². The van der Waals surface area contributed by atoms with Crippen LogP contribution in [0.1, 0.15) is 53.1 Å². The Morgan fingerprint density at radius 2 is 1.70 bits per heavy atom. The van der Waals surface area contributed by atoms with Gasteiger partial charge in [-0.25, -0.2) is 0 Å². The standard InChI is InChI=1S/C30H33ClO8S/c1-17(2)20-8-6-19(7-9-20)12-21-13-24-22(14-25(21)31)15-37-30(24)29(34)28(33)27(32)26(39-30)16-38-40(35,36)23-10-4-18(3)5-11-23/h4-11,13-14,17,26-29,32-34H,12,15-16H2,1-3H3/t26-,27-,28+,29-,30+/m1/s1. The Kier molecular flexibility index (Phi) is 8.13. The normalized spacial score (nSPS) is 26.4. The molecule has 0 aliphatic carbocycles. The van der Waals surface area contributed by atoms with E-state index in [0.29, 0.717) is 28.5 Å². The van der Waals surface area contributed by atoms with Gasteiger partial charge in [0.05, 0.1) is 18.1 Å². The van der Waals surface area contributed by atoms with E-state index in [2.05, 4.69) is 26.0 Å². The highest BCUT2D eigenvalue weighted by atomic mass is 35.5. The van der Waals surface area contributed by atoms with Crippen LogP contribution in [0.5, 0.6) is 0 Å². The molecule has 5 rings (SSSR count). The average Bonchev–Trinajstić information content (AvgIpc) is 3.27. The summed E-state index contributed by atoms with van der Waals surface area (Å²) in [7, 11) is -4.18. The van der Waals surface area contributed by atoms with Gasteiger partial charge in [0.2, 0.25) is 5.79 Å². The van der Waals surface area contributed by atoms with Gasteiger partial charge in [0.25, 0.3) is 10.1 Å². The van der Waals surface area contributed by atoms with Crippen LogP contribution >= 0.6 is 11.6 Å². The third-order valence-electron chi connectivity index (χ3n) is 7.60. The van der Waals surface area contributed by atoms with Crippen molar-refractivity contribution in [3.05, 3.63) is 99.1 Å². The van der Waals surface area contributed by atoms with Gasteiger partial charge in [-0.05, 0) is 65.8 Å². The molecule has 0 radical (unpaired) electrons. The van der Waals surface area contributed by atoms with Gasteiger partial charge in [-0.1, -0.05) is 67.4 Å². The number of rotatable bonds is 7. The number of halogens is 1. The van der Waals surface area contributed by atoms with Crippen molar-refractivity contribution in [1.29, 1.82) is 0 Å². The maximum absolute atomic E-state index is 12.7. The van der Waals surface area contributed by atoms with Crippen molar-refractivity contribution in [2.24, 2.45) is 0 Å². The molecular weight excluding hydrogens is 556 g/mol. The molecule has 3 aromatic carbocycles. The fourth-order valence-corrected chi connectivity index (χ4v) is 6.31. The maximum Gasteiger partial charge on any atom is 0.297 e. The van der Waals surface area contributed by atoms with Crippen molar-refractivity contribution in [3.8, 4) is 0 Å². The predicted molar refractivity (Wildman–Crippen MR) is 148 cm³/mol. The molecule has 2 aliphatic rings. The molecule has 10 heteroatoms. The van der Waals surface area contributed by atoms with Crippen molar-refractivity contribution in [2.45, 2.75) is 74.8 Å². The number of aryl methyl sites for hydroxylation is 1. The molecule has 8 nitrogen and oxygen atoms in total. The predicted octanol–water partition coefficient (Wildman–Crippen LogP) is 3.93. The highest BCUT2D eigenvalue weighted by Crippen LogP contribution is 2.47. The van der Waals surface area contributed by atoms with Gasteiger partial charge in [-0.3, -0.25) is 4.18 Å². The van der Waals surface area contributed by atoms with E-state index in [0.717, 1.165) is 16.7 Å². The van der Waals surface area contributed by atoms with Crippen LogP contribution < -0.4 is 0 Å². The van der Waals surface area contributed by atoms with Crippen LogP contribution in [-0.2, 0) is 42.6 Å². The van der Waals surface area contributed by atoms with Crippen molar-refractivity contribution in [1.82, 2.24) is 0 Å². The van der Waals surface area contributed by atoms with Crippen LogP contribution in [0.15, 0.2) is 65.6 Å². The lowest BCUT2D eigenvalue weighted by molar-refractivity contribution is -0.367. The fraction of sp³-hybridized carbons (Fsp3) is 0.400. The summed E-state index contributed by atoms with van der Waals surface area (Å²) in [5.74, 6) is -1.44. The SMILES string of the molecule is Cc1ccc(S(=O)(=O)OC[C@H]2O[C@]3(OCc4cc(Cl)c(Cc5ccc(C(C)C)cc5)cc43)[C@H](O)[C@@H](O)[C@@H]2O)cc1. The average molecular weight is 589 g/mol.